The average molecular weight is 429 g/mol. The third-order valence-electron chi connectivity index (χ3n) is 5.21. The molecule has 0 bridgehead atoms. The Morgan fingerprint density at radius 1 is 1.21 bits per heavy atom. The summed E-state index contributed by atoms with van der Waals surface area (Å²) in [6.45, 7) is 5.44. The van der Waals surface area contributed by atoms with Crippen molar-refractivity contribution in [1.82, 2.24) is 9.21 Å². The van der Waals surface area contributed by atoms with Crippen LogP contribution in [0.15, 0.2) is 26.9 Å². The number of likely N-dealkylation sites (tertiary alicyclic amines) is 1. The first-order valence-corrected chi connectivity index (χ1v) is 11.4. The number of sulfonamides is 1. The van der Waals surface area contributed by atoms with Crippen LogP contribution in [0.4, 0.5) is 0 Å². The number of nitrogens with zero attached hydrogens (tertiary/aromatic N) is 2. The molecule has 7 heteroatoms. The third kappa shape index (κ3) is 2.84. The molecule has 130 valence electrons. The average Bonchev–Trinajstić information content (AvgIpc) is 3.26. The summed E-state index contributed by atoms with van der Waals surface area (Å²) in [4.78, 5) is 2.46. The van der Waals surface area contributed by atoms with Crippen LogP contribution in [0.1, 0.15) is 24.8 Å². The van der Waals surface area contributed by atoms with E-state index in [2.05, 4.69) is 20.8 Å². The fourth-order valence-corrected chi connectivity index (χ4v) is 7.60. The van der Waals surface area contributed by atoms with Crippen molar-refractivity contribution in [2.45, 2.75) is 36.4 Å². The molecule has 4 nitrogen and oxygen atoms in total. The molecule has 1 unspecified atom stereocenters. The van der Waals surface area contributed by atoms with Crippen LogP contribution in [-0.2, 0) is 10.0 Å². The predicted molar refractivity (Wildman–Crippen MR) is 102 cm³/mol. The minimum atomic E-state index is -3.40. The van der Waals surface area contributed by atoms with Gasteiger partial charge in [-0.25, -0.2) is 8.42 Å². The Morgan fingerprint density at radius 3 is 2.71 bits per heavy atom. The standard InChI is InChI=1S/C17H21BrN2O2S2/c1-12-15-10-13(18)4-5-16(15)23-17(12)24(21,22)20-9-6-14(11-20)19-7-2-3-8-19/h4-5,10,14H,2-3,6-9,11H2,1H3. The first-order valence-electron chi connectivity index (χ1n) is 8.39. The number of thiophene rings is 1. The summed E-state index contributed by atoms with van der Waals surface area (Å²) in [7, 11) is -3.40. The number of halogens is 1. The normalized spacial score (nSPS) is 23.5. The second-order valence-electron chi connectivity index (χ2n) is 6.70. The molecule has 4 rings (SSSR count). The molecule has 2 aliphatic rings. The first-order chi connectivity index (χ1) is 11.5. The summed E-state index contributed by atoms with van der Waals surface area (Å²) in [5, 5.41) is 1.03. The minimum Gasteiger partial charge on any atom is -0.299 e. The van der Waals surface area contributed by atoms with E-state index < -0.39 is 10.0 Å². The smallest absolute Gasteiger partial charge is 0.252 e. The van der Waals surface area contributed by atoms with Crippen molar-refractivity contribution < 1.29 is 8.42 Å². The van der Waals surface area contributed by atoms with Crippen LogP contribution in [0, 0.1) is 6.92 Å². The van der Waals surface area contributed by atoms with Crippen molar-refractivity contribution in [2.75, 3.05) is 26.2 Å². The molecule has 1 aromatic heterocycles. The number of aryl methyl sites for hydroxylation is 1. The number of benzene rings is 1. The van der Waals surface area contributed by atoms with Crippen molar-refractivity contribution in [3.8, 4) is 0 Å². The van der Waals surface area contributed by atoms with E-state index in [1.54, 1.807) is 4.31 Å². The van der Waals surface area contributed by atoms with Gasteiger partial charge in [0.15, 0.2) is 0 Å². The van der Waals surface area contributed by atoms with E-state index in [0.29, 0.717) is 23.3 Å². The summed E-state index contributed by atoms with van der Waals surface area (Å²) in [6.07, 6.45) is 3.44. The number of hydrogen-bond acceptors (Lipinski definition) is 4. The molecule has 2 fully saturated rings. The quantitative estimate of drug-likeness (QED) is 0.745. The molecule has 0 spiro atoms. The summed E-state index contributed by atoms with van der Waals surface area (Å²) in [6, 6.07) is 6.37. The van der Waals surface area contributed by atoms with E-state index in [0.717, 1.165) is 39.6 Å². The minimum absolute atomic E-state index is 0.395. The molecule has 0 N–H and O–H groups in total. The lowest BCUT2D eigenvalue weighted by Gasteiger charge is -2.23. The van der Waals surface area contributed by atoms with Crippen LogP contribution in [0.3, 0.4) is 0 Å². The van der Waals surface area contributed by atoms with E-state index in [4.69, 9.17) is 0 Å². The topological polar surface area (TPSA) is 40.6 Å². The van der Waals surface area contributed by atoms with Gasteiger partial charge in [0.2, 0.25) is 0 Å². The summed E-state index contributed by atoms with van der Waals surface area (Å²) in [5.74, 6) is 0. The molecule has 0 saturated carbocycles. The molecule has 2 aromatic rings. The molecule has 24 heavy (non-hydrogen) atoms. The molecule has 0 amide bonds. The first kappa shape index (κ1) is 17.0. The van der Waals surface area contributed by atoms with Crippen molar-refractivity contribution >= 4 is 47.4 Å². The van der Waals surface area contributed by atoms with E-state index in [1.807, 2.05) is 25.1 Å². The number of rotatable bonds is 3. The van der Waals surface area contributed by atoms with Gasteiger partial charge in [-0.15, -0.1) is 11.3 Å². The molecule has 0 aliphatic carbocycles. The van der Waals surface area contributed by atoms with Gasteiger partial charge in [-0.2, -0.15) is 4.31 Å². The third-order valence-corrected chi connectivity index (χ3v) is 9.44. The van der Waals surface area contributed by atoms with Gasteiger partial charge in [0, 0.05) is 28.3 Å². The van der Waals surface area contributed by atoms with Crippen LogP contribution >= 0.6 is 27.3 Å². The van der Waals surface area contributed by atoms with Gasteiger partial charge in [0.25, 0.3) is 10.0 Å². The molecular weight excluding hydrogens is 408 g/mol. The largest absolute Gasteiger partial charge is 0.299 e. The molecule has 1 atom stereocenters. The molecule has 1 aromatic carbocycles. The Kier molecular flexibility index (Phi) is 4.50. The molecule has 0 radical (unpaired) electrons. The Bertz CT molecular complexity index is 872. The zero-order valence-corrected chi connectivity index (χ0v) is 16.9. The van der Waals surface area contributed by atoms with Crippen LogP contribution < -0.4 is 0 Å². The van der Waals surface area contributed by atoms with Gasteiger partial charge in [0.05, 0.1) is 0 Å². The van der Waals surface area contributed by atoms with Gasteiger partial charge < -0.3 is 0 Å². The molecule has 2 saturated heterocycles. The number of hydrogen-bond donors (Lipinski definition) is 0. The maximum Gasteiger partial charge on any atom is 0.252 e. The highest BCUT2D eigenvalue weighted by atomic mass is 79.9. The highest BCUT2D eigenvalue weighted by molar-refractivity contribution is 9.10. The van der Waals surface area contributed by atoms with Crippen LogP contribution in [0.25, 0.3) is 10.1 Å². The van der Waals surface area contributed by atoms with Crippen LogP contribution in [-0.4, -0.2) is 49.8 Å². The van der Waals surface area contributed by atoms with Crippen LogP contribution in [0.2, 0.25) is 0 Å². The van der Waals surface area contributed by atoms with E-state index in [-0.39, 0.29) is 0 Å². The fraction of sp³-hybridized carbons (Fsp3) is 0.529. The van der Waals surface area contributed by atoms with Crippen molar-refractivity contribution in [3.05, 3.63) is 28.2 Å². The van der Waals surface area contributed by atoms with Gasteiger partial charge in [-0.3, -0.25) is 4.90 Å². The Hall–Kier alpha value is -0.470. The second-order valence-corrected chi connectivity index (χ2v) is 10.8. The Morgan fingerprint density at radius 2 is 1.96 bits per heavy atom. The highest BCUT2D eigenvalue weighted by Crippen LogP contribution is 2.38. The summed E-state index contributed by atoms with van der Waals surface area (Å²) >= 11 is 4.87. The summed E-state index contributed by atoms with van der Waals surface area (Å²) in [5.41, 5.74) is 0.876. The lowest BCUT2D eigenvalue weighted by atomic mass is 10.2. The van der Waals surface area contributed by atoms with Crippen LogP contribution in [0.5, 0.6) is 0 Å². The maximum absolute atomic E-state index is 13.2. The van der Waals surface area contributed by atoms with E-state index in [1.165, 1.54) is 24.2 Å². The van der Waals surface area contributed by atoms with Gasteiger partial charge in [-0.05, 0) is 68.4 Å². The Labute approximate surface area is 155 Å². The lowest BCUT2D eigenvalue weighted by Crippen LogP contribution is -2.37. The number of fused-ring (bicyclic) bond motifs is 1. The van der Waals surface area contributed by atoms with Gasteiger partial charge in [-0.1, -0.05) is 15.9 Å². The molecular formula is C17H21BrN2O2S2. The Balaban J connectivity index is 1.64. The SMILES string of the molecule is Cc1c(S(=O)(=O)N2CCC(N3CCCC3)C2)sc2ccc(Br)cc12. The zero-order valence-electron chi connectivity index (χ0n) is 13.7. The highest BCUT2D eigenvalue weighted by Gasteiger charge is 2.37. The summed E-state index contributed by atoms with van der Waals surface area (Å²) < 4.78 is 30.6. The predicted octanol–water partition coefficient (Wildman–Crippen LogP) is 3.83. The maximum atomic E-state index is 13.2. The van der Waals surface area contributed by atoms with E-state index >= 15 is 0 Å². The van der Waals surface area contributed by atoms with Gasteiger partial charge in [0.1, 0.15) is 4.21 Å². The van der Waals surface area contributed by atoms with Crippen molar-refractivity contribution in [2.24, 2.45) is 0 Å². The van der Waals surface area contributed by atoms with Gasteiger partial charge >= 0.3 is 0 Å². The molecule has 3 heterocycles. The lowest BCUT2D eigenvalue weighted by molar-refractivity contribution is 0.251. The van der Waals surface area contributed by atoms with Crippen molar-refractivity contribution in [1.29, 1.82) is 0 Å². The zero-order chi connectivity index (χ0) is 16.9. The fourth-order valence-electron chi connectivity index (χ4n) is 3.87. The molecule has 2 aliphatic heterocycles. The second kappa shape index (κ2) is 6.36. The monoisotopic (exact) mass is 428 g/mol. The van der Waals surface area contributed by atoms with E-state index in [9.17, 15) is 8.42 Å². The van der Waals surface area contributed by atoms with Crippen molar-refractivity contribution in [3.63, 3.8) is 0 Å².